The van der Waals surface area contributed by atoms with E-state index >= 15 is 0 Å². The van der Waals surface area contributed by atoms with Crippen molar-refractivity contribution in [2.75, 3.05) is 13.1 Å². The fraction of sp³-hybridized carbons (Fsp3) is 0.727. The Kier molecular flexibility index (Phi) is 4.27. The van der Waals surface area contributed by atoms with Crippen LogP contribution in [0.3, 0.4) is 0 Å². The summed E-state index contributed by atoms with van der Waals surface area (Å²) in [7, 11) is 0. The summed E-state index contributed by atoms with van der Waals surface area (Å²) < 4.78 is 10.4. The molecule has 1 aliphatic rings. The van der Waals surface area contributed by atoms with Gasteiger partial charge in [0.05, 0.1) is 6.10 Å². The maximum absolute atomic E-state index is 11.8. The molecule has 1 amide bonds. The topological polar surface area (TPSA) is 103 Å². The molecule has 2 unspecified atom stereocenters. The van der Waals surface area contributed by atoms with Crippen molar-refractivity contribution >= 4 is 5.91 Å². The van der Waals surface area contributed by atoms with E-state index in [9.17, 15) is 4.79 Å². The molecule has 0 spiro atoms. The SMILES string of the molecule is Cc1noc(CCNC(=O)C2CCC(CN)O2)n1. The van der Waals surface area contributed by atoms with Crippen LogP contribution in [-0.4, -0.2) is 41.3 Å². The van der Waals surface area contributed by atoms with Crippen LogP contribution in [-0.2, 0) is 16.0 Å². The minimum Gasteiger partial charge on any atom is -0.364 e. The normalized spacial score (nSPS) is 23.2. The number of hydrogen-bond donors (Lipinski definition) is 2. The third-order valence-corrected chi connectivity index (χ3v) is 2.87. The molecule has 7 heteroatoms. The second-order valence-corrected chi connectivity index (χ2v) is 4.34. The molecule has 0 aromatic carbocycles. The first-order valence-electron chi connectivity index (χ1n) is 6.11. The predicted molar refractivity (Wildman–Crippen MR) is 62.7 cm³/mol. The van der Waals surface area contributed by atoms with Crippen molar-refractivity contribution in [3.8, 4) is 0 Å². The first kappa shape index (κ1) is 13.0. The monoisotopic (exact) mass is 254 g/mol. The molecule has 100 valence electrons. The van der Waals surface area contributed by atoms with E-state index in [0.717, 1.165) is 12.8 Å². The van der Waals surface area contributed by atoms with Crippen LogP contribution < -0.4 is 11.1 Å². The molecule has 1 aromatic rings. The fourth-order valence-corrected chi connectivity index (χ4v) is 1.92. The Hall–Kier alpha value is -1.47. The average Bonchev–Trinajstić information content (AvgIpc) is 2.98. The molecular weight excluding hydrogens is 236 g/mol. The van der Waals surface area contributed by atoms with Gasteiger partial charge in [-0.25, -0.2) is 0 Å². The number of ether oxygens (including phenoxy) is 1. The summed E-state index contributed by atoms with van der Waals surface area (Å²) in [6, 6.07) is 0. The van der Waals surface area contributed by atoms with Gasteiger partial charge < -0.3 is 20.3 Å². The highest BCUT2D eigenvalue weighted by Gasteiger charge is 2.29. The van der Waals surface area contributed by atoms with Crippen LogP contribution in [0.15, 0.2) is 4.52 Å². The molecule has 18 heavy (non-hydrogen) atoms. The zero-order chi connectivity index (χ0) is 13.0. The van der Waals surface area contributed by atoms with Crippen molar-refractivity contribution in [1.82, 2.24) is 15.5 Å². The van der Waals surface area contributed by atoms with Crippen molar-refractivity contribution in [2.45, 2.75) is 38.4 Å². The smallest absolute Gasteiger partial charge is 0.249 e. The summed E-state index contributed by atoms with van der Waals surface area (Å²) in [5.74, 6) is 1.03. The molecule has 7 nitrogen and oxygen atoms in total. The van der Waals surface area contributed by atoms with Crippen LogP contribution >= 0.6 is 0 Å². The number of aromatic nitrogens is 2. The molecule has 2 heterocycles. The summed E-state index contributed by atoms with van der Waals surface area (Å²) in [4.78, 5) is 15.8. The van der Waals surface area contributed by atoms with Gasteiger partial charge in [0.2, 0.25) is 11.8 Å². The molecule has 1 fully saturated rings. The van der Waals surface area contributed by atoms with Crippen LogP contribution in [0.1, 0.15) is 24.6 Å². The van der Waals surface area contributed by atoms with Crippen LogP contribution in [0.25, 0.3) is 0 Å². The Morgan fingerprint density at radius 2 is 2.39 bits per heavy atom. The third kappa shape index (κ3) is 3.27. The number of rotatable bonds is 5. The Balaban J connectivity index is 1.69. The van der Waals surface area contributed by atoms with Gasteiger partial charge in [-0.3, -0.25) is 4.79 Å². The molecule has 0 saturated carbocycles. The number of carbonyl (C=O) groups excluding carboxylic acids is 1. The van der Waals surface area contributed by atoms with Crippen molar-refractivity contribution in [3.63, 3.8) is 0 Å². The molecular formula is C11H18N4O3. The third-order valence-electron chi connectivity index (χ3n) is 2.87. The highest BCUT2D eigenvalue weighted by atomic mass is 16.5. The van der Waals surface area contributed by atoms with Gasteiger partial charge in [-0.2, -0.15) is 4.98 Å². The Morgan fingerprint density at radius 3 is 3.00 bits per heavy atom. The molecule has 1 aliphatic heterocycles. The van der Waals surface area contributed by atoms with E-state index in [1.54, 1.807) is 6.92 Å². The van der Waals surface area contributed by atoms with Crippen molar-refractivity contribution in [3.05, 3.63) is 11.7 Å². The lowest BCUT2D eigenvalue weighted by molar-refractivity contribution is -0.131. The minimum atomic E-state index is -0.372. The second-order valence-electron chi connectivity index (χ2n) is 4.34. The van der Waals surface area contributed by atoms with Gasteiger partial charge in [0.1, 0.15) is 6.10 Å². The van der Waals surface area contributed by atoms with Gasteiger partial charge in [0.25, 0.3) is 0 Å². The summed E-state index contributed by atoms with van der Waals surface area (Å²) in [5.41, 5.74) is 5.49. The number of nitrogens with one attached hydrogen (secondary N) is 1. The van der Waals surface area contributed by atoms with Crippen LogP contribution in [0, 0.1) is 6.92 Å². The molecule has 2 atom stereocenters. The average molecular weight is 254 g/mol. The summed E-state index contributed by atoms with van der Waals surface area (Å²) in [6.07, 6.45) is 1.74. The summed E-state index contributed by atoms with van der Waals surface area (Å²) in [5, 5.41) is 6.47. The van der Waals surface area contributed by atoms with Crippen molar-refractivity contribution < 1.29 is 14.1 Å². The lowest BCUT2D eigenvalue weighted by atomic mass is 10.2. The molecule has 0 bridgehead atoms. The van der Waals surface area contributed by atoms with Gasteiger partial charge in [-0.1, -0.05) is 5.16 Å². The van der Waals surface area contributed by atoms with Gasteiger partial charge in [0, 0.05) is 19.5 Å². The maximum atomic E-state index is 11.8. The predicted octanol–water partition coefficient (Wildman–Crippen LogP) is -0.457. The maximum Gasteiger partial charge on any atom is 0.249 e. The first-order valence-corrected chi connectivity index (χ1v) is 6.11. The van der Waals surface area contributed by atoms with Gasteiger partial charge in [0.15, 0.2) is 5.82 Å². The minimum absolute atomic E-state index is 0.0133. The number of nitrogens with two attached hydrogens (primary N) is 1. The highest BCUT2D eigenvalue weighted by molar-refractivity contribution is 5.80. The number of nitrogens with zero attached hydrogens (tertiary/aromatic N) is 2. The molecule has 0 aliphatic carbocycles. The highest BCUT2D eigenvalue weighted by Crippen LogP contribution is 2.18. The van der Waals surface area contributed by atoms with Gasteiger partial charge in [-0.15, -0.1) is 0 Å². The summed E-state index contributed by atoms with van der Waals surface area (Å²) >= 11 is 0. The molecule has 2 rings (SSSR count). The Labute approximate surface area is 105 Å². The number of aryl methyl sites for hydroxylation is 1. The molecule has 3 N–H and O–H groups in total. The number of hydrogen-bond acceptors (Lipinski definition) is 6. The van der Waals surface area contributed by atoms with Crippen LogP contribution in [0.4, 0.5) is 0 Å². The largest absolute Gasteiger partial charge is 0.364 e. The zero-order valence-electron chi connectivity index (χ0n) is 10.4. The lowest BCUT2D eigenvalue weighted by Crippen LogP contribution is -2.36. The van der Waals surface area contributed by atoms with Crippen molar-refractivity contribution in [1.29, 1.82) is 0 Å². The van der Waals surface area contributed by atoms with E-state index < -0.39 is 0 Å². The van der Waals surface area contributed by atoms with E-state index in [1.807, 2.05) is 0 Å². The Bertz CT molecular complexity index is 407. The lowest BCUT2D eigenvalue weighted by Gasteiger charge is -2.11. The quantitative estimate of drug-likeness (QED) is 0.737. The number of amides is 1. The zero-order valence-corrected chi connectivity index (χ0v) is 10.4. The van der Waals surface area contributed by atoms with Gasteiger partial charge >= 0.3 is 0 Å². The first-order chi connectivity index (χ1) is 8.69. The molecule has 1 aromatic heterocycles. The van der Waals surface area contributed by atoms with Crippen LogP contribution in [0.2, 0.25) is 0 Å². The van der Waals surface area contributed by atoms with E-state index in [2.05, 4.69) is 15.5 Å². The van der Waals surface area contributed by atoms with E-state index in [1.165, 1.54) is 0 Å². The second kappa shape index (κ2) is 5.92. The standard InChI is InChI=1S/C11H18N4O3/c1-7-14-10(18-15-7)4-5-13-11(16)9-3-2-8(6-12)17-9/h8-9H,2-6,12H2,1H3,(H,13,16). The van der Waals surface area contributed by atoms with Crippen LogP contribution in [0.5, 0.6) is 0 Å². The van der Waals surface area contributed by atoms with Crippen molar-refractivity contribution in [2.24, 2.45) is 5.73 Å². The fourth-order valence-electron chi connectivity index (χ4n) is 1.92. The molecule has 0 radical (unpaired) electrons. The van der Waals surface area contributed by atoms with E-state index in [-0.39, 0.29) is 18.1 Å². The number of carbonyl (C=O) groups is 1. The van der Waals surface area contributed by atoms with E-state index in [0.29, 0.717) is 31.2 Å². The van der Waals surface area contributed by atoms with Gasteiger partial charge in [-0.05, 0) is 19.8 Å². The summed E-state index contributed by atoms with van der Waals surface area (Å²) in [6.45, 7) is 2.68. The Morgan fingerprint density at radius 1 is 1.56 bits per heavy atom. The van der Waals surface area contributed by atoms with E-state index in [4.69, 9.17) is 15.0 Å². The molecule has 1 saturated heterocycles.